The smallest absolute Gasteiger partial charge is 0.319 e. The summed E-state index contributed by atoms with van der Waals surface area (Å²) in [5.74, 6) is 0.524. The molecule has 2 amide bonds. The number of rotatable bonds is 8. The number of nitrogens with zero attached hydrogens (tertiary/aromatic N) is 1. The van der Waals surface area contributed by atoms with Crippen LogP contribution in [0.25, 0.3) is 0 Å². The van der Waals surface area contributed by atoms with Crippen molar-refractivity contribution in [1.29, 1.82) is 0 Å². The monoisotopic (exact) mass is 367 g/mol. The molecule has 1 heterocycles. The molecule has 0 radical (unpaired) electrons. The van der Waals surface area contributed by atoms with Crippen LogP contribution in [0.15, 0.2) is 54.6 Å². The third-order valence-corrected chi connectivity index (χ3v) is 5.00. The predicted molar refractivity (Wildman–Crippen MR) is 109 cm³/mol. The average molecular weight is 367 g/mol. The van der Waals surface area contributed by atoms with E-state index in [1.165, 1.54) is 5.56 Å². The van der Waals surface area contributed by atoms with Gasteiger partial charge in [0.2, 0.25) is 0 Å². The Bertz CT molecular complexity index is 703. The topological polar surface area (TPSA) is 53.6 Å². The van der Waals surface area contributed by atoms with Gasteiger partial charge in [-0.25, -0.2) is 4.79 Å². The molecule has 1 aliphatic rings. The molecular formula is C22H29N3O2. The Morgan fingerprint density at radius 1 is 1.11 bits per heavy atom. The second-order valence-electron chi connectivity index (χ2n) is 7.16. The standard InChI is InChI=1S/C22H29N3O2/c1-27-17-19-7-9-21(10-8-19)24-22(26)23-15-20-12-14-25(16-20)13-11-18-5-3-2-4-6-18/h2-10,20H,11-17H2,1H3,(H2,23,24,26). The Labute approximate surface area is 161 Å². The fourth-order valence-corrected chi connectivity index (χ4v) is 3.48. The quantitative estimate of drug-likeness (QED) is 0.751. The number of carbonyl (C=O) groups excluding carboxylic acids is 1. The number of amides is 2. The summed E-state index contributed by atoms with van der Waals surface area (Å²) in [5, 5.41) is 5.89. The molecule has 0 aliphatic carbocycles. The van der Waals surface area contributed by atoms with Crippen LogP contribution < -0.4 is 10.6 Å². The van der Waals surface area contributed by atoms with Crippen molar-refractivity contribution in [2.24, 2.45) is 5.92 Å². The van der Waals surface area contributed by atoms with Crippen LogP contribution >= 0.6 is 0 Å². The van der Waals surface area contributed by atoms with E-state index in [9.17, 15) is 4.79 Å². The maximum atomic E-state index is 12.1. The van der Waals surface area contributed by atoms with E-state index in [1.807, 2.05) is 24.3 Å². The van der Waals surface area contributed by atoms with Crippen molar-refractivity contribution in [3.8, 4) is 0 Å². The van der Waals surface area contributed by atoms with Crippen LogP contribution in [-0.2, 0) is 17.8 Å². The van der Waals surface area contributed by atoms with E-state index in [0.717, 1.165) is 50.3 Å². The van der Waals surface area contributed by atoms with Crippen LogP contribution in [0.4, 0.5) is 10.5 Å². The molecule has 5 nitrogen and oxygen atoms in total. The van der Waals surface area contributed by atoms with E-state index in [1.54, 1.807) is 7.11 Å². The van der Waals surface area contributed by atoms with Gasteiger partial charge in [0, 0.05) is 32.4 Å². The number of likely N-dealkylation sites (tertiary alicyclic amines) is 1. The van der Waals surface area contributed by atoms with Crippen LogP contribution in [-0.4, -0.2) is 44.2 Å². The minimum Gasteiger partial charge on any atom is -0.380 e. The summed E-state index contributed by atoms with van der Waals surface area (Å²) in [4.78, 5) is 14.6. The summed E-state index contributed by atoms with van der Waals surface area (Å²) in [5.41, 5.74) is 3.27. The molecule has 0 aromatic heterocycles. The molecule has 2 N–H and O–H groups in total. The second kappa shape index (κ2) is 10.1. The lowest BCUT2D eigenvalue weighted by Gasteiger charge is -2.16. The molecule has 144 valence electrons. The van der Waals surface area contributed by atoms with Gasteiger partial charge in [0.15, 0.2) is 0 Å². The molecule has 27 heavy (non-hydrogen) atoms. The Kier molecular flexibility index (Phi) is 7.25. The van der Waals surface area contributed by atoms with E-state index in [4.69, 9.17) is 4.74 Å². The molecule has 0 saturated carbocycles. The first-order valence-electron chi connectivity index (χ1n) is 9.62. The number of anilines is 1. The Morgan fingerprint density at radius 3 is 2.63 bits per heavy atom. The fourth-order valence-electron chi connectivity index (χ4n) is 3.48. The summed E-state index contributed by atoms with van der Waals surface area (Å²) in [7, 11) is 1.67. The second-order valence-corrected chi connectivity index (χ2v) is 7.16. The molecule has 2 aromatic rings. The normalized spacial score (nSPS) is 17.0. The number of urea groups is 1. The van der Waals surface area contributed by atoms with Crippen LogP contribution in [0.3, 0.4) is 0 Å². The number of carbonyl (C=O) groups is 1. The zero-order valence-corrected chi connectivity index (χ0v) is 16.0. The molecule has 1 aliphatic heterocycles. The molecule has 3 rings (SSSR count). The Hall–Kier alpha value is -2.37. The van der Waals surface area contributed by atoms with Crippen molar-refractivity contribution in [3.05, 3.63) is 65.7 Å². The van der Waals surface area contributed by atoms with Crippen molar-refractivity contribution in [1.82, 2.24) is 10.2 Å². The summed E-state index contributed by atoms with van der Waals surface area (Å²) in [6.07, 6.45) is 2.22. The lowest BCUT2D eigenvalue weighted by atomic mass is 10.1. The largest absolute Gasteiger partial charge is 0.380 e. The van der Waals surface area contributed by atoms with Gasteiger partial charge in [-0.3, -0.25) is 0 Å². The van der Waals surface area contributed by atoms with Crippen molar-refractivity contribution in [2.75, 3.05) is 38.6 Å². The molecular weight excluding hydrogens is 338 g/mol. The van der Waals surface area contributed by atoms with Gasteiger partial charge in [-0.2, -0.15) is 0 Å². The lowest BCUT2D eigenvalue weighted by Crippen LogP contribution is -2.34. The lowest BCUT2D eigenvalue weighted by molar-refractivity contribution is 0.185. The van der Waals surface area contributed by atoms with Crippen molar-refractivity contribution in [3.63, 3.8) is 0 Å². The highest BCUT2D eigenvalue weighted by molar-refractivity contribution is 5.89. The molecule has 1 atom stereocenters. The van der Waals surface area contributed by atoms with E-state index in [-0.39, 0.29) is 6.03 Å². The summed E-state index contributed by atoms with van der Waals surface area (Å²) in [6, 6.07) is 18.2. The van der Waals surface area contributed by atoms with Crippen molar-refractivity contribution >= 4 is 11.7 Å². The Balaban J connectivity index is 1.34. The number of methoxy groups -OCH3 is 1. The van der Waals surface area contributed by atoms with Crippen molar-refractivity contribution in [2.45, 2.75) is 19.4 Å². The van der Waals surface area contributed by atoms with Gasteiger partial charge >= 0.3 is 6.03 Å². The predicted octanol–water partition coefficient (Wildman–Crippen LogP) is 3.52. The molecule has 1 unspecified atom stereocenters. The summed E-state index contributed by atoms with van der Waals surface area (Å²) >= 11 is 0. The first-order chi connectivity index (χ1) is 13.2. The number of hydrogen-bond donors (Lipinski definition) is 2. The van der Waals surface area contributed by atoms with Crippen molar-refractivity contribution < 1.29 is 9.53 Å². The van der Waals surface area contributed by atoms with Gasteiger partial charge in [-0.1, -0.05) is 42.5 Å². The minimum atomic E-state index is -0.141. The highest BCUT2D eigenvalue weighted by atomic mass is 16.5. The number of nitrogens with one attached hydrogen (secondary N) is 2. The van der Waals surface area contributed by atoms with Crippen LogP contribution in [0.2, 0.25) is 0 Å². The number of hydrogen-bond acceptors (Lipinski definition) is 3. The summed E-state index contributed by atoms with van der Waals surface area (Å²) < 4.78 is 5.09. The SMILES string of the molecule is COCc1ccc(NC(=O)NCC2CCN(CCc3ccccc3)C2)cc1. The third kappa shape index (κ3) is 6.38. The van der Waals surface area contributed by atoms with Crippen LogP contribution in [0, 0.1) is 5.92 Å². The molecule has 1 fully saturated rings. The maximum Gasteiger partial charge on any atom is 0.319 e. The summed E-state index contributed by atoms with van der Waals surface area (Å²) in [6.45, 7) is 4.55. The number of benzene rings is 2. The average Bonchev–Trinajstić information content (AvgIpc) is 3.15. The minimum absolute atomic E-state index is 0.141. The fraction of sp³-hybridized carbons (Fsp3) is 0.409. The molecule has 1 saturated heterocycles. The highest BCUT2D eigenvalue weighted by Crippen LogP contribution is 2.16. The van der Waals surface area contributed by atoms with Crippen LogP contribution in [0.5, 0.6) is 0 Å². The van der Waals surface area contributed by atoms with E-state index < -0.39 is 0 Å². The highest BCUT2D eigenvalue weighted by Gasteiger charge is 2.22. The van der Waals surface area contributed by atoms with Crippen LogP contribution in [0.1, 0.15) is 17.5 Å². The van der Waals surface area contributed by atoms with Gasteiger partial charge in [0.1, 0.15) is 0 Å². The maximum absolute atomic E-state index is 12.1. The van der Waals surface area contributed by atoms with Gasteiger partial charge < -0.3 is 20.3 Å². The van der Waals surface area contributed by atoms with E-state index in [0.29, 0.717) is 12.5 Å². The molecule has 0 spiro atoms. The van der Waals surface area contributed by atoms with E-state index >= 15 is 0 Å². The van der Waals surface area contributed by atoms with Gasteiger partial charge in [0.25, 0.3) is 0 Å². The van der Waals surface area contributed by atoms with E-state index in [2.05, 4.69) is 45.9 Å². The third-order valence-electron chi connectivity index (χ3n) is 5.00. The van der Waals surface area contributed by atoms with Gasteiger partial charge in [-0.15, -0.1) is 0 Å². The molecule has 2 aromatic carbocycles. The first-order valence-corrected chi connectivity index (χ1v) is 9.62. The van der Waals surface area contributed by atoms with Gasteiger partial charge in [0.05, 0.1) is 6.61 Å². The molecule has 0 bridgehead atoms. The van der Waals surface area contributed by atoms with Gasteiger partial charge in [-0.05, 0) is 48.6 Å². The zero-order chi connectivity index (χ0) is 18.9. The zero-order valence-electron chi connectivity index (χ0n) is 16.0. The molecule has 5 heteroatoms. The number of ether oxygens (including phenoxy) is 1. The Morgan fingerprint density at radius 2 is 1.89 bits per heavy atom. The first kappa shape index (κ1) is 19.4.